The zero-order chi connectivity index (χ0) is 37.5. The minimum Gasteiger partial charge on any atom is -0.491 e. The van der Waals surface area contributed by atoms with Gasteiger partial charge in [-0.1, -0.05) is 84.9 Å². The monoisotopic (exact) mass is 760 g/mol. The summed E-state index contributed by atoms with van der Waals surface area (Å²) in [5.74, 6) is 1.84. The lowest BCUT2D eigenvalue weighted by molar-refractivity contribution is 0.0424. The number of rotatable bonds is 0. The van der Waals surface area contributed by atoms with Crippen molar-refractivity contribution in [2.75, 3.05) is 66.1 Å². The highest BCUT2D eigenvalue weighted by molar-refractivity contribution is 7.48. The maximum absolute atomic E-state index is 14.0. The van der Waals surface area contributed by atoms with Crippen molar-refractivity contribution in [3.05, 3.63) is 121 Å². The zero-order valence-electron chi connectivity index (χ0n) is 30.2. The Morgan fingerprint density at radius 1 is 0.473 bits per heavy atom. The van der Waals surface area contributed by atoms with Crippen LogP contribution in [-0.2, 0) is 23.5 Å². The van der Waals surface area contributed by atoms with Gasteiger partial charge in [0.05, 0.1) is 52.9 Å². The third kappa shape index (κ3) is 8.56. The summed E-state index contributed by atoms with van der Waals surface area (Å²) in [6.45, 7) is 4.31. The number of hydrogen-bond acceptors (Lipinski definition) is 9. The molecule has 10 bridgehead atoms. The quantitative estimate of drug-likeness (QED) is 0.119. The normalized spacial score (nSPS) is 16.9. The van der Waals surface area contributed by atoms with Gasteiger partial charge in [0.1, 0.15) is 36.2 Å². The van der Waals surface area contributed by atoms with Gasteiger partial charge in [0.25, 0.3) is 0 Å². The van der Waals surface area contributed by atoms with E-state index in [2.05, 4.69) is 0 Å². The van der Waals surface area contributed by atoms with Crippen molar-refractivity contribution in [1.82, 2.24) is 0 Å². The van der Waals surface area contributed by atoms with Gasteiger partial charge in [0.2, 0.25) is 0 Å². The summed E-state index contributed by atoms with van der Waals surface area (Å²) in [5.41, 5.74) is 4.17. The van der Waals surface area contributed by atoms with Gasteiger partial charge in [-0.3, -0.25) is 4.89 Å². The van der Waals surface area contributed by atoms with E-state index in [9.17, 15) is 9.46 Å². The summed E-state index contributed by atoms with van der Waals surface area (Å²) >= 11 is 0. The molecule has 0 fully saturated rings. The number of ether oxygens (including phenoxy) is 6. The number of phosphoric ester groups is 1. The molecule has 0 saturated carbocycles. The van der Waals surface area contributed by atoms with Gasteiger partial charge < -0.3 is 37.5 Å². The average Bonchev–Trinajstić information content (AvgIpc) is 3.33. The van der Waals surface area contributed by atoms with Crippen molar-refractivity contribution < 1.29 is 46.9 Å². The molecule has 0 spiro atoms. The average molecular weight is 761 g/mol. The van der Waals surface area contributed by atoms with Crippen LogP contribution in [0.25, 0.3) is 54.9 Å². The first-order valence-electron chi connectivity index (χ1n) is 18.3. The second-order valence-corrected chi connectivity index (χ2v) is 14.2. The van der Waals surface area contributed by atoms with Crippen LogP contribution >= 0.6 is 7.82 Å². The maximum atomic E-state index is 14.0. The van der Waals surface area contributed by atoms with Gasteiger partial charge in [0, 0.05) is 22.3 Å². The SMILES string of the molecule is O=P1(O)Oc2c3cc4ccccc4c2-c2c(c(cc4ccccc24)-c2ccc(cc2)OCCOCCOCC=CCOCCOCCOc2ccc-3cc2)O1. The van der Waals surface area contributed by atoms with Crippen LogP contribution in [0.4, 0.5) is 0 Å². The van der Waals surface area contributed by atoms with Crippen molar-refractivity contribution in [2.24, 2.45) is 0 Å². The first kappa shape index (κ1) is 36.8. The van der Waals surface area contributed by atoms with Crippen LogP contribution < -0.4 is 18.5 Å². The highest BCUT2D eigenvalue weighted by Crippen LogP contribution is 2.61. The smallest absolute Gasteiger partial charge is 0.491 e. The second kappa shape index (κ2) is 17.1. The Bertz CT molecular complexity index is 2180. The molecule has 10 nitrogen and oxygen atoms in total. The van der Waals surface area contributed by atoms with E-state index in [1.807, 2.05) is 121 Å². The van der Waals surface area contributed by atoms with Crippen molar-refractivity contribution in [3.63, 3.8) is 0 Å². The summed E-state index contributed by atoms with van der Waals surface area (Å²) in [7, 11) is -4.72. The first-order valence-corrected chi connectivity index (χ1v) is 19.8. The molecule has 0 saturated heterocycles. The summed E-state index contributed by atoms with van der Waals surface area (Å²) in [5, 5.41) is 3.57. The second-order valence-electron chi connectivity index (χ2n) is 12.9. The third-order valence-electron chi connectivity index (χ3n) is 9.33. The van der Waals surface area contributed by atoms with Crippen LogP contribution in [-0.4, -0.2) is 71.0 Å². The topological polar surface area (TPSA) is 111 Å². The van der Waals surface area contributed by atoms with Gasteiger partial charge in [-0.25, -0.2) is 4.57 Å². The van der Waals surface area contributed by atoms with Crippen LogP contribution in [0.15, 0.2) is 121 Å². The molecule has 6 aromatic carbocycles. The molecule has 10 rings (SSSR count). The van der Waals surface area contributed by atoms with E-state index in [1.165, 1.54) is 0 Å². The van der Waals surface area contributed by atoms with Crippen molar-refractivity contribution in [1.29, 1.82) is 0 Å². The molecule has 0 unspecified atom stereocenters. The zero-order valence-corrected chi connectivity index (χ0v) is 31.1. The molecule has 4 aliphatic heterocycles. The molecule has 282 valence electrons. The summed E-state index contributed by atoms with van der Waals surface area (Å²) < 4.78 is 60.7. The van der Waals surface area contributed by atoms with Crippen LogP contribution in [0.5, 0.6) is 23.0 Å². The van der Waals surface area contributed by atoms with E-state index in [-0.39, 0.29) is 11.5 Å². The van der Waals surface area contributed by atoms with E-state index in [4.69, 9.17) is 37.5 Å². The largest absolute Gasteiger partial charge is 0.584 e. The highest BCUT2D eigenvalue weighted by atomic mass is 31.2. The summed E-state index contributed by atoms with van der Waals surface area (Å²) in [4.78, 5) is 11.4. The molecular formula is C44H41O10P. The molecule has 0 radical (unpaired) electrons. The van der Waals surface area contributed by atoms with Gasteiger partial charge >= 0.3 is 7.82 Å². The highest BCUT2D eigenvalue weighted by Gasteiger charge is 2.37. The van der Waals surface area contributed by atoms with E-state index in [0.29, 0.717) is 99.8 Å². The number of fused-ring (bicyclic) bond motifs is 4. The Hall–Kier alpha value is -5.19. The number of benzene rings is 6. The molecule has 1 N–H and O–H groups in total. The van der Waals surface area contributed by atoms with Gasteiger partial charge in [-0.05, 0) is 69.1 Å². The van der Waals surface area contributed by atoms with E-state index in [0.717, 1.165) is 32.7 Å². The molecule has 4 aliphatic rings. The fraction of sp³-hybridized carbons (Fsp3) is 0.227. The molecule has 6 aromatic rings. The fourth-order valence-corrected chi connectivity index (χ4v) is 7.68. The van der Waals surface area contributed by atoms with Gasteiger partial charge in [-0.15, -0.1) is 0 Å². The maximum Gasteiger partial charge on any atom is 0.584 e. The lowest BCUT2D eigenvalue weighted by atomic mass is 9.86. The standard InChI is InChI=1S/C44H41O10P/c45-55(46)53-43-39-29-33-7-1-3-9-37(33)41(43)42-38-10-4-2-8-34(38)30-40(44(42)54-55)32-13-17-36(18-14-32)52-28-26-50-24-22-48-20-6-5-19-47-21-23-49-25-27-51-35-15-11-31(39)12-16-35/h1-18,29-30H,19-28H2,(H,45,46). The summed E-state index contributed by atoms with van der Waals surface area (Å²) in [6, 6.07) is 35.0. The van der Waals surface area contributed by atoms with Gasteiger partial charge in [0.15, 0.2) is 0 Å². The summed E-state index contributed by atoms with van der Waals surface area (Å²) in [6.07, 6.45) is 3.84. The molecule has 11 heteroatoms. The van der Waals surface area contributed by atoms with E-state index in [1.54, 1.807) is 0 Å². The van der Waals surface area contributed by atoms with Gasteiger partial charge in [-0.2, -0.15) is 0 Å². The molecule has 55 heavy (non-hydrogen) atoms. The minimum absolute atomic E-state index is 0.258. The van der Waals surface area contributed by atoms with Crippen LogP contribution in [0, 0.1) is 0 Å². The Balaban J connectivity index is 1.22. The fourth-order valence-electron chi connectivity index (χ4n) is 6.80. The number of hydrogen-bond donors (Lipinski definition) is 1. The van der Waals surface area contributed by atoms with Crippen LogP contribution in [0.2, 0.25) is 0 Å². The molecule has 4 heterocycles. The van der Waals surface area contributed by atoms with Crippen molar-refractivity contribution in [3.8, 4) is 56.4 Å². The molecular weight excluding hydrogens is 719 g/mol. The molecule has 0 aromatic heterocycles. The number of phosphoric acid groups is 1. The predicted octanol–water partition coefficient (Wildman–Crippen LogP) is 9.26. The first-order chi connectivity index (χ1) is 27.0. The Labute approximate surface area is 319 Å². The molecule has 0 aliphatic carbocycles. The van der Waals surface area contributed by atoms with E-state index < -0.39 is 7.82 Å². The molecule has 0 amide bonds. The Morgan fingerprint density at radius 2 is 0.873 bits per heavy atom. The lowest BCUT2D eigenvalue weighted by Gasteiger charge is -2.19. The minimum atomic E-state index is -4.72. The lowest BCUT2D eigenvalue weighted by Crippen LogP contribution is -2.11. The van der Waals surface area contributed by atoms with Crippen molar-refractivity contribution >= 4 is 29.4 Å². The van der Waals surface area contributed by atoms with Crippen LogP contribution in [0.1, 0.15) is 0 Å². The molecule has 0 atom stereocenters. The third-order valence-corrected chi connectivity index (χ3v) is 10.2. The van der Waals surface area contributed by atoms with Crippen molar-refractivity contribution in [2.45, 2.75) is 0 Å². The Kier molecular flexibility index (Phi) is 11.4. The Morgan fingerprint density at radius 3 is 1.33 bits per heavy atom. The predicted molar refractivity (Wildman–Crippen MR) is 212 cm³/mol. The van der Waals surface area contributed by atoms with E-state index >= 15 is 0 Å². The van der Waals surface area contributed by atoms with Crippen LogP contribution in [0.3, 0.4) is 0 Å².